The second kappa shape index (κ2) is 23.6. The van der Waals surface area contributed by atoms with Crippen molar-refractivity contribution in [1.82, 2.24) is 0 Å². The van der Waals surface area contributed by atoms with Crippen molar-refractivity contribution in [1.29, 1.82) is 0 Å². The van der Waals surface area contributed by atoms with Crippen LogP contribution in [0.25, 0.3) is 5.57 Å². The molecule has 2 aromatic rings. The van der Waals surface area contributed by atoms with Crippen LogP contribution in [0.3, 0.4) is 0 Å². The summed E-state index contributed by atoms with van der Waals surface area (Å²) < 4.78 is 0. The third-order valence-corrected chi connectivity index (χ3v) is 10.2. The molecule has 0 amide bonds. The van der Waals surface area contributed by atoms with E-state index in [4.69, 9.17) is 0 Å². The number of aryl methyl sites for hydroxylation is 2. The normalized spacial score (nSPS) is 17.8. The fourth-order valence-corrected chi connectivity index (χ4v) is 7.17. The van der Waals surface area contributed by atoms with Gasteiger partial charge in [0.25, 0.3) is 0 Å². The first-order valence-electron chi connectivity index (χ1n) is 19.5. The lowest BCUT2D eigenvalue weighted by Crippen LogP contribution is -2.21. The molecule has 1 nitrogen and oxygen atoms in total. The molecule has 0 aromatic heterocycles. The number of Topliss-reactive ketones (excluding diaryl/α,β-unsaturated/α-hetero) is 1. The van der Waals surface area contributed by atoms with E-state index in [1.807, 2.05) is 60.6 Å². The molecule has 2 fully saturated rings. The number of carbonyl (C=O) groups is 1. The van der Waals surface area contributed by atoms with Gasteiger partial charge in [-0.3, -0.25) is 4.79 Å². The number of hydrogen-bond acceptors (Lipinski definition) is 1. The minimum atomic E-state index is -0.495. The highest BCUT2D eigenvalue weighted by atomic mass is 16.1. The Morgan fingerprint density at radius 2 is 1.28 bits per heavy atom. The van der Waals surface area contributed by atoms with Crippen LogP contribution in [-0.2, 0) is 11.2 Å². The topological polar surface area (TPSA) is 17.1 Å². The molecule has 262 valence electrons. The van der Waals surface area contributed by atoms with Gasteiger partial charge in [0.1, 0.15) is 0 Å². The second-order valence-corrected chi connectivity index (χ2v) is 13.6. The summed E-state index contributed by atoms with van der Waals surface area (Å²) in [5.41, 5.74) is 7.27. The van der Waals surface area contributed by atoms with Crippen LogP contribution in [0.15, 0.2) is 84.0 Å². The highest BCUT2D eigenvalue weighted by molar-refractivity contribution is 6.18. The molecule has 5 rings (SSSR count). The van der Waals surface area contributed by atoms with Gasteiger partial charge in [-0.05, 0) is 92.2 Å². The summed E-state index contributed by atoms with van der Waals surface area (Å²) in [5.74, 6) is 2.50. The maximum Gasteiger partial charge on any atom is 0.173 e. The molecular weight excluding hydrogens is 569 g/mol. The quantitative estimate of drug-likeness (QED) is 0.262. The summed E-state index contributed by atoms with van der Waals surface area (Å²) in [4.78, 5) is 13.1. The van der Waals surface area contributed by atoms with Crippen molar-refractivity contribution < 1.29 is 4.79 Å². The minimum Gasteiger partial charge on any atom is -0.293 e. The van der Waals surface area contributed by atoms with E-state index >= 15 is 0 Å². The van der Waals surface area contributed by atoms with Crippen LogP contribution in [0.5, 0.6) is 0 Å². The maximum absolute atomic E-state index is 13.1. The lowest BCUT2D eigenvalue weighted by molar-refractivity contribution is -0.120. The van der Waals surface area contributed by atoms with E-state index in [1.165, 1.54) is 61.6 Å². The number of rotatable bonds is 8. The smallest absolute Gasteiger partial charge is 0.173 e. The minimum absolute atomic E-state index is 0.204. The van der Waals surface area contributed by atoms with Gasteiger partial charge in [0.05, 0.1) is 5.41 Å². The number of unbranched alkanes of at least 4 members (excludes halogenated alkanes) is 3. The Labute approximate surface area is 292 Å². The van der Waals surface area contributed by atoms with Gasteiger partial charge in [-0.25, -0.2) is 0 Å². The van der Waals surface area contributed by atoms with E-state index < -0.39 is 5.41 Å². The highest BCUT2D eigenvalue weighted by Crippen LogP contribution is 2.47. The summed E-state index contributed by atoms with van der Waals surface area (Å²) in [6.07, 6.45) is 21.9. The van der Waals surface area contributed by atoms with Crippen LogP contribution in [0, 0.1) is 24.2 Å². The molecule has 47 heavy (non-hydrogen) atoms. The maximum atomic E-state index is 13.1. The molecule has 3 aliphatic carbocycles. The zero-order chi connectivity index (χ0) is 35.2. The van der Waals surface area contributed by atoms with Gasteiger partial charge in [0.2, 0.25) is 0 Å². The van der Waals surface area contributed by atoms with Gasteiger partial charge in [-0.1, -0.05) is 179 Å². The molecule has 0 atom stereocenters. The van der Waals surface area contributed by atoms with Gasteiger partial charge >= 0.3 is 0 Å². The standard InChI is InChI=1S/C23H30O.C11H20.C8H10.2C2H6/c1-7-8-9-10-15-20(19-14-12-11-13-16(19)2)21-17(3)18(4)23(5,6)22(21)24;1-2-6-10(7-3-1)11-8-4-5-9-11;1-2-8-6-4-3-5-7-8;2*1-2/h11-15H,4,7-10H2,1-3,5-6H3;10-11H,1-9H2;3-7H,2H2,1H3;2*1-2H3/b20-15+;;;;. The zero-order valence-electron chi connectivity index (χ0n) is 32.4. The largest absolute Gasteiger partial charge is 0.293 e. The third-order valence-electron chi connectivity index (χ3n) is 10.2. The molecule has 0 bridgehead atoms. The SMILES string of the molecule is C1CCC(C2CCCC2)CC1.C=C1C(C)=C(/C(=C/CCCCC)c2ccccc2C)C(=O)C1(C)C.CC.CC.CCc1ccccc1. The first-order valence-corrected chi connectivity index (χ1v) is 19.5. The highest BCUT2D eigenvalue weighted by Gasteiger charge is 2.42. The van der Waals surface area contributed by atoms with Gasteiger partial charge < -0.3 is 0 Å². The molecular formula is C46H72O. The van der Waals surface area contributed by atoms with Gasteiger partial charge in [0.15, 0.2) is 5.78 Å². The summed E-state index contributed by atoms with van der Waals surface area (Å²) >= 11 is 0. The fraction of sp³-hybridized carbons (Fsp3) is 0.587. The molecule has 0 unspecified atom stereocenters. The Kier molecular flexibility index (Phi) is 21.3. The van der Waals surface area contributed by atoms with Crippen molar-refractivity contribution in [3.05, 3.63) is 101 Å². The Balaban J connectivity index is 0.000000392. The predicted octanol–water partition coefficient (Wildman–Crippen LogP) is 14.5. The molecule has 0 N–H and O–H groups in total. The molecule has 1 heteroatoms. The molecule has 0 heterocycles. The van der Waals surface area contributed by atoms with Crippen molar-refractivity contribution in [3.8, 4) is 0 Å². The van der Waals surface area contributed by atoms with Gasteiger partial charge in [0, 0.05) is 5.57 Å². The summed E-state index contributed by atoms with van der Waals surface area (Å²) in [7, 11) is 0. The van der Waals surface area contributed by atoms with Crippen LogP contribution < -0.4 is 0 Å². The summed E-state index contributed by atoms with van der Waals surface area (Å²) in [5, 5.41) is 0. The van der Waals surface area contributed by atoms with E-state index in [0.717, 1.165) is 53.4 Å². The predicted molar refractivity (Wildman–Crippen MR) is 211 cm³/mol. The lowest BCUT2D eigenvalue weighted by Gasteiger charge is -2.26. The van der Waals surface area contributed by atoms with Crippen molar-refractivity contribution >= 4 is 11.4 Å². The average Bonchev–Trinajstić information content (AvgIpc) is 3.72. The monoisotopic (exact) mass is 641 g/mol. The number of allylic oxidation sites excluding steroid dienone is 5. The van der Waals surface area contributed by atoms with E-state index in [9.17, 15) is 4.79 Å². The fourth-order valence-electron chi connectivity index (χ4n) is 7.17. The zero-order valence-corrected chi connectivity index (χ0v) is 32.4. The molecule has 2 saturated carbocycles. The van der Waals surface area contributed by atoms with E-state index in [0.29, 0.717) is 0 Å². The Morgan fingerprint density at radius 1 is 0.766 bits per heavy atom. The van der Waals surface area contributed by atoms with E-state index in [2.05, 4.69) is 75.9 Å². The van der Waals surface area contributed by atoms with Crippen LogP contribution >= 0.6 is 0 Å². The van der Waals surface area contributed by atoms with Gasteiger partial charge in [-0.2, -0.15) is 0 Å². The first kappa shape index (κ1) is 42.4. The Bertz CT molecular complexity index is 1210. The van der Waals surface area contributed by atoms with Gasteiger partial charge in [-0.15, -0.1) is 0 Å². The number of hydrogen-bond donors (Lipinski definition) is 0. The number of benzene rings is 2. The molecule has 0 aliphatic heterocycles. The van der Waals surface area contributed by atoms with Crippen molar-refractivity contribution in [2.45, 2.75) is 159 Å². The van der Waals surface area contributed by atoms with Crippen molar-refractivity contribution in [2.24, 2.45) is 17.3 Å². The van der Waals surface area contributed by atoms with Crippen LogP contribution in [0.2, 0.25) is 0 Å². The average molecular weight is 641 g/mol. The molecule has 3 aliphatic rings. The summed E-state index contributed by atoms with van der Waals surface area (Å²) in [6, 6.07) is 18.8. The van der Waals surface area contributed by atoms with Crippen molar-refractivity contribution in [3.63, 3.8) is 0 Å². The van der Waals surface area contributed by atoms with Crippen LogP contribution in [-0.4, -0.2) is 5.78 Å². The third kappa shape index (κ3) is 13.0. The molecule has 0 saturated heterocycles. The second-order valence-electron chi connectivity index (χ2n) is 13.6. The summed E-state index contributed by atoms with van der Waals surface area (Å²) in [6.45, 7) is 24.7. The van der Waals surface area contributed by atoms with E-state index in [1.54, 1.807) is 25.7 Å². The van der Waals surface area contributed by atoms with Crippen LogP contribution in [0.1, 0.15) is 162 Å². The molecule has 0 spiro atoms. The lowest BCUT2D eigenvalue weighted by atomic mass is 9.79. The Hall–Kier alpha value is -2.67. The first-order chi connectivity index (χ1) is 22.7. The Morgan fingerprint density at radius 3 is 1.72 bits per heavy atom. The van der Waals surface area contributed by atoms with Crippen molar-refractivity contribution in [2.75, 3.05) is 0 Å². The number of carbonyl (C=O) groups excluding carboxylic acids is 1. The number of ketones is 1. The van der Waals surface area contributed by atoms with E-state index in [-0.39, 0.29) is 5.78 Å². The molecule has 0 radical (unpaired) electrons. The van der Waals surface area contributed by atoms with Crippen LogP contribution in [0.4, 0.5) is 0 Å². The molecule has 2 aromatic carbocycles.